The van der Waals surface area contributed by atoms with Crippen molar-refractivity contribution in [1.29, 1.82) is 0 Å². The highest BCUT2D eigenvalue weighted by molar-refractivity contribution is 5.77. The number of rotatable bonds is 2. The molecule has 1 aromatic carbocycles. The van der Waals surface area contributed by atoms with Gasteiger partial charge >= 0.3 is 0 Å². The van der Waals surface area contributed by atoms with Crippen LogP contribution in [0.2, 0.25) is 0 Å². The Kier molecular flexibility index (Phi) is 3.95. The van der Waals surface area contributed by atoms with Gasteiger partial charge in [0.2, 0.25) is 0 Å². The van der Waals surface area contributed by atoms with E-state index in [0.717, 1.165) is 51.4 Å². The number of hydrogen-bond donors (Lipinski definition) is 0. The fourth-order valence-electron chi connectivity index (χ4n) is 8.36. The predicted molar refractivity (Wildman–Crippen MR) is 133 cm³/mol. The lowest BCUT2D eigenvalue weighted by Gasteiger charge is -2.55. The van der Waals surface area contributed by atoms with Crippen LogP contribution in [-0.2, 0) is 11.2 Å². The minimum absolute atomic E-state index is 0.0961. The SMILES string of the molecule is C[C@]12CC=C3C=C4CC[C@@H]([N+](C)(C)[O-])C[C@]45CCC3(O5)[C@@H]1CC=C2c1ccc2c(c1)C=CC2. The van der Waals surface area contributed by atoms with Crippen LogP contribution < -0.4 is 0 Å². The maximum atomic E-state index is 12.8. The van der Waals surface area contributed by atoms with E-state index in [1.165, 1.54) is 33.4 Å². The van der Waals surface area contributed by atoms with Gasteiger partial charge in [-0.15, -0.1) is 0 Å². The van der Waals surface area contributed by atoms with E-state index in [1.807, 2.05) is 14.1 Å². The van der Waals surface area contributed by atoms with Gasteiger partial charge in [0.05, 0.1) is 31.3 Å². The van der Waals surface area contributed by atoms with Gasteiger partial charge in [-0.05, 0) is 78.0 Å². The Hall–Kier alpha value is -1.94. The van der Waals surface area contributed by atoms with E-state index in [0.29, 0.717) is 5.92 Å². The molecule has 1 saturated carbocycles. The van der Waals surface area contributed by atoms with Crippen molar-refractivity contribution in [2.45, 2.75) is 75.5 Å². The summed E-state index contributed by atoms with van der Waals surface area (Å²) < 4.78 is 7.11. The quantitative estimate of drug-likeness (QED) is 0.396. The van der Waals surface area contributed by atoms with E-state index < -0.39 is 0 Å². The van der Waals surface area contributed by atoms with Crippen LogP contribution in [0.5, 0.6) is 0 Å². The minimum atomic E-state index is -0.209. The molecule has 7 rings (SSSR count). The summed E-state index contributed by atoms with van der Waals surface area (Å²) in [7, 11) is 3.62. The molecule has 0 amide bonds. The second kappa shape index (κ2) is 6.38. The van der Waals surface area contributed by atoms with Gasteiger partial charge in [0.25, 0.3) is 0 Å². The molecule has 172 valence electrons. The number of ether oxygens (including phenoxy) is 1. The molecule has 0 radical (unpaired) electrons. The monoisotopic (exact) mass is 441 g/mol. The molecule has 2 bridgehead atoms. The molecule has 5 atom stereocenters. The van der Waals surface area contributed by atoms with Crippen LogP contribution in [0.1, 0.15) is 68.6 Å². The lowest BCUT2D eigenvalue weighted by molar-refractivity contribution is -0.869. The molecule has 1 unspecified atom stereocenters. The van der Waals surface area contributed by atoms with Crippen LogP contribution in [0.3, 0.4) is 0 Å². The van der Waals surface area contributed by atoms with Gasteiger partial charge in [-0.25, -0.2) is 0 Å². The maximum Gasteiger partial charge on any atom is 0.0980 e. The first kappa shape index (κ1) is 20.4. The molecule has 2 aliphatic heterocycles. The first-order valence-electron chi connectivity index (χ1n) is 12.9. The van der Waals surface area contributed by atoms with Crippen LogP contribution in [0, 0.1) is 16.5 Å². The van der Waals surface area contributed by atoms with Gasteiger partial charge in [-0.3, -0.25) is 0 Å². The van der Waals surface area contributed by atoms with Crippen molar-refractivity contribution in [3.8, 4) is 0 Å². The van der Waals surface area contributed by atoms with Crippen LogP contribution in [0.15, 0.2) is 53.6 Å². The Morgan fingerprint density at radius 2 is 2.03 bits per heavy atom. The number of quaternary nitrogens is 1. The fraction of sp³-hybridized carbons (Fsp3) is 0.533. The molecule has 3 nitrogen and oxygen atoms in total. The second-order valence-corrected chi connectivity index (χ2v) is 12.2. The van der Waals surface area contributed by atoms with Crippen molar-refractivity contribution in [3.63, 3.8) is 0 Å². The summed E-state index contributed by atoms with van der Waals surface area (Å²) in [6, 6.07) is 7.21. The van der Waals surface area contributed by atoms with E-state index in [9.17, 15) is 5.21 Å². The molecule has 1 aromatic rings. The van der Waals surface area contributed by atoms with Crippen molar-refractivity contribution in [2.24, 2.45) is 11.3 Å². The lowest BCUT2D eigenvalue weighted by atomic mass is 9.58. The average Bonchev–Trinajstić information content (AvgIpc) is 3.46. The summed E-state index contributed by atoms with van der Waals surface area (Å²) in [6.45, 7) is 2.48. The van der Waals surface area contributed by atoms with Crippen molar-refractivity contribution in [2.75, 3.05) is 14.1 Å². The van der Waals surface area contributed by atoms with Gasteiger partial charge in [0.1, 0.15) is 0 Å². The van der Waals surface area contributed by atoms with Crippen molar-refractivity contribution < 1.29 is 9.38 Å². The summed E-state index contributed by atoms with van der Waals surface area (Å²) in [4.78, 5) is 0. The number of hydroxylamine groups is 3. The summed E-state index contributed by atoms with van der Waals surface area (Å²) in [5, 5.41) is 12.8. The zero-order valence-electron chi connectivity index (χ0n) is 20.2. The van der Waals surface area contributed by atoms with Gasteiger partial charge in [0.15, 0.2) is 0 Å². The molecule has 4 aliphatic carbocycles. The first-order valence-corrected chi connectivity index (χ1v) is 12.9. The van der Waals surface area contributed by atoms with Crippen molar-refractivity contribution in [3.05, 3.63) is 75.5 Å². The van der Waals surface area contributed by atoms with Crippen molar-refractivity contribution >= 4 is 11.6 Å². The van der Waals surface area contributed by atoms with E-state index in [4.69, 9.17) is 4.74 Å². The zero-order valence-corrected chi connectivity index (χ0v) is 20.2. The molecule has 1 saturated heterocycles. The second-order valence-electron chi connectivity index (χ2n) is 12.2. The number of allylic oxidation sites excluding steroid dienone is 4. The van der Waals surface area contributed by atoms with Gasteiger partial charge < -0.3 is 14.6 Å². The van der Waals surface area contributed by atoms with Crippen molar-refractivity contribution in [1.82, 2.24) is 0 Å². The molecule has 2 heterocycles. The molecule has 0 N–H and O–H groups in total. The molecule has 33 heavy (non-hydrogen) atoms. The Morgan fingerprint density at radius 3 is 2.88 bits per heavy atom. The molecular formula is C30H35NO2. The van der Waals surface area contributed by atoms with Gasteiger partial charge in [-0.1, -0.05) is 49.4 Å². The smallest absolute Gasteiger partial charge is 0.0980 e. The normalized spacial score (nSPS) is 40.4. The highest BCUT2D eigenvalue weighted by Crippen LogP contribution is 2.67. The summed E-state index contributed by atoms with van der Waals surface area (Å²) in [5.74, 6) is 0.469. The molecule has 2 spiro atoms. The van der Waals surface area contributed by atoms with Crippen LogP contribution in [0.25, 0.3) is 11.6 Å². The fourth-order valence-corrected chi connectivity index (χ4v) is 8.36. The number of benzene rings is 1. The minimum Gasteiger partial charge on any atom is -0.633 e. The van der Waals surface area contributed by atoms with Gasteiger partial charge in [-0.2, -0.15) is 0 Å². The third kappa shape index (κ3) is 2.62. The van der Waals surface area contributed by atoms with E-state index in [2.05, 4.69) is 55.5 Å². The average molecular weight is 442 g/mol. The predicted octanol–water partition coefficient (Wildman–Crippen LogP) is 6.35. The summed E-state index contributed by atoms with van der Waals surface area (Å²) in [5.41, 5.74) is 8.34. The van der Waals surface area contributed by atoms with Gasteiger partial charge in [0, 0.05) is 24.2 Å². The van der Waals surface area contributed by atoms with E-state index in [-0.39, 0.29) is 27.3 Å². The topological polar surface area (TPSA) is 32.3 Å². The number of fused-ring (bicyclic) bond motifs is 2. The van der Waals surface area contributed by atoms with Crippen LogP contribution in [-0.4, -0.2) is 36.0 Å². The Labute approximate surface area is 197 Å². The number of nitrogens with zero attached hydrogens (tertiary/aromatic N) is 1. The number of hydrogen-bond acceptors (Lipinski definition) is 2. The Bertz CT molecular complexity index is 1180. The zero-order chi connectivity index (χ0) is 22.6. The van der Waals surface area contributed by atoms with Crippen LogP contribution >= 0.6 is 0 Å². The Balaban J connectivity index is 1.27. The molecule has 0 aromatic heterocycles. The summed E-state index contributed by atoms with van der Waals surface area (Å²) >= 11 is 0. The summed E-state index contributed by atoms with van der Waals surface area (Å²) in [6.07, 6.45) is 20.3. The molecular weight excluding hydrogens is 406 g/mol. The van der Waals surface area contributed by atoms with E-state index >= 15 is 0 Å². The van der Waals surface area contributed by atoms with Crippen LogP contribution in [0.4, 0.5) is 0 Å². The molecule has 6 aliphatic rings. The standard InChI is InChI=1S/C30H35NO2/c1-28-14-13-24-18-23-9-10-25(31(2,3)32)19-29(23)15-16-30(24,33-29)27(28)12-11-26(28)22-8-7-20-5-4-6-21(20)17-22/h4,6-8,11,13,17-18,25,27H,5,9-10,12,14-16,19H2,1-3H3/t25-,27-,28-,29-,30?/m1/s1. The van der Waals surface area contributed by atoms with E-state index in [1.54, 1.807) is 0 Å². The lowest BCUT2D eigenvalue weighted by Crippen LogP contribution is -2.56. The third-order valence-corrected chi connectivity index (χ3v) is 10.2. The molecule has 2 fully saturated rings. The Morgan fingerprint density at radius 1 is 1.15 bits per heavy atom. The highest BCUT2D eigenvalue weighted by Gasteiger charge is 2.65. The maximum absolute atomic E-state index is 12.8. The largest absolute Gasteiger partial charge is 0.633 e. The third-order valence-electron chi connectivity index (χ3n) is 10.2. The first-order chi connectivity index (χ1) is 15.7. The highest BCUT2D eigenvalue weighted by atomic mass is 16.5. The molecule has 3 heteroatoms.